The third-order valence-electron chi connectivity index (χ3n) is 4.42. The minimum Gasteiger partial charge on any atom is -0.481 e. The van der Waals surface area contributed by atoms with Crippen molar-refractivity contribution in [3.8, 4) is 0 Å². The standard InChI is InChI=1S/C16H23NO4/c1-3-12-11(2)9-13(21-12)14(18)17-10-16(15(19)20)7-5-4-6-8-16/h9H,3-8,10H2,1-2H3,(H,17,18)(H,19,20). The van der Waals surface area contributed by atoms with Gasteiger partial charge in [-0.05, 0) is 31.4 Å². The van der Waals surface area contributed by atoms with Crippen molar-refractivity contribution in [2.45, 2.75) is 52.4 Å². The van der Waals surface area contributed by atoms with Crippen molar-refractivity contribution in [2.24, 2.45) is 5.41 Å². The monoisotopic (exact) mass is 293 g/mol. The van der Waals surface area contributed by atoms with E-state index in [1.165, 1.54) is 0 Å². The molecule has 1 aromatic heterocycles. The van der Waals surface area contributed by atoms with E-state index in [1.54, 1.807) is 6.07 Å². The predicted octanol–water partition coefficient (Wildman–Crippen LogP) is 2.92. The second kappa shape index (κ2) is 6.33. The number of amides is 1. The number of carbonyl (C=O) groups is 2. The number of carbonyl (C=O) groups excluding carboxylic acids is 1. The van der Waals surface area contributed by atoms with Crippen LogP contribution >= 0.6 is 0 Å². The molecular weight excluding hydrogens is 270 g/mol. The van der Waals surface area contributed by atoms with E-state index in [9.17, 15) is 14.7 Å². The van der Waals surface area contributed by atoms with Crippen LogP contribution in [0.15, 0.2) is 10.5 Å². The first kappa shape index (κ1) is 15.6. The number of rotatable bonds is 5. The van der Waals surface area contributed by atoms with Gasteiger partial charge < -0.3 is 14.8 Å². The smallest absolute Gasteiger partial charge is 0.311 e. The molecule has 1 aromatic rings. The molecule has 0 radical (unpaired) electrons. The molecule has 116 valence electrons. The Balaban J connectivity index is 2.03. The van der Waals surface area contributed by atoms with Gasteiger partial charge in [-0.3, -0.25) is 9.59 Å². The zero-order valence-electron chi connectivity index (χ0n) is 12.7. The minimum atomic E-state index is -0.816. The van der Waals surface area contributed by atoms with Crippen LogP contribution in [0.1, 0.15) is 60.9 Å². The molecule has 0 spiro atoms. The molecule has 0 atom stereocenters. The summed E-state index contributed by atoms with van der Waals surface area (Å²) >= 11 is 0. The fourth-order valence-corrected chi connectivity index (χ4v) is 3.01. The topological polar surface area (TPSA) is 79.5 Å². The Hall–Kier alpha value is -1.78. The number of hydrogen-bond acceptors (Lipinski definition) is 3. The lowest BCUT2D eigenvalue weighted by Crippen LogP contribution is -2.44. The average Bonchev–Trinajstić information content (AvgIpc) is 2.86. The summed E-state index contributed by atoms with van der Waals surface area (Å²) in [5.41, 5.74) is 0.136. The van der Waals surface area contributed by atoms with Crippen molar-refractivity contribution in [2.75, 3.05) is 6.54 Å². The highest BCUT2D eigenvalue weighted by atomic mass is 16.4. The number of carboxylic acid groups (broad SMARTS) is 1. The number of aryl methyl sites for hydroxylation is 2. The second-order valence-corrected chi connectivity index (χ2v) is 5.90. The zero-order chi connectivity index (χ0) is 15.5. The van der Waals surface area contributed by atoms with E-state index in [0.29, 0.717) is 12.8 Å². The molecule has 1 fully saturated rings. The molecule has 21 heavy (non-hydrogen) atoms. The van der Waals surface area contributed by atoms with E-state index >= 15 is 0 Å². The van der Waals surface area contributed by atoms with Crippen molar-refractivity contribution in [1.82, 2.24) is 5.32 Å². The fourth-order valence-electron chi connectivity index (χ4n) is 3.01. The molecule has 0 bridgehead atoms. The lowest BCUT2D eigenvalue weighted by molar-refractivity contribution is -0.150. The van der Waals surface area contributed by atoms with Crippen molar-refractivity contribution in [3.05, 3.63) is 23.2 Å². The quantitative estimate of drug-likeness (QED) is 0.874. The molecule has 2 rings (SSSR count). The molecule has 5 nitrogen and oxygen atoms in total. The maximum atomic E-state index is 12.1. The Bertz CT molecular complexity index is 526. The molecule has 0 aliphatic heterocycles. The third kappa shape index (κ3) is 3.28. The largest absolute Gasteiger partial charge is 0.481 e. The lowest BCUT2D eigenvalue weighted by atomic mass is 9.74. The van der Waals surface area contributed by atoms with Crippen LogP contribution < -0.4 is 5.32 Å². The van der Waals surface area contributed by atoms with E-state index < -0.39 is 11.4 Å². The average molecular weight is 293 g/mol. The molecule has 1 saturated carbocycles. The van der Waals surface area contributed by atoms with Gasteiger partial charge in [0.05, 0.1) is 5.41 Å². The van der Waals surface area contributed by atoms with Crippen molar-refractivity contribution in [1.29, 1.82) is 0 Å². The Labute approximate surface area is 124 Å². The van der Waals surface area contributed by atoms with Crippen LogP contribution in [-0.2, 0) is 11.2 Å². The van der Waals surface area contributed by atoms with E-state index in [0.717, 1.165) is 37.0 Å². The Morgan fingerprint density at radius 3 is 2.52 bits per heavy atom. The van der Waals surface area contributed by atoms with Crippen LogP contribution in [0, 0.1) is 12.3 Å². The highest BCUT2D eigenvalue weighted by Crippen LogP contribution is 2.36. The molecule has 1 amide bonds. The summed E-state index contributed by atoms with van der Waals surface area (Å²) in [5.74, 6) is -0.0807. The van der Waals surface area contributed by atoms with Gasteiger partial charge in [0.25, 0.3) is 5.91 Å². The predicted molar refractivity (Wildman–Crippen MR) is 78.3 cm³/mol. The first-order valence-electron chi connectivity index (χ1n) is 7.59. The number of hydrogen-bond donors (Lipinski definition) is 2. The van der Waals surface area contributed by atoms with Gasteiger partial charge >= 0.3 is 5.97 Å². The first-order valence-corrected chi connectivity index (χ1v) is 7.59. The Kier molecular flexibility index (Phi) is 4.70. The molecule has 1 aliphatic rings. The summed E-state index contributed by atoms with van der Waals surface area (Å²) in [4.78, 5) is 23.7. The van der Waals surface area contributed by atoms with Crippen LogP contribution in [0.2, 0.25) is 0 Å². The highest BCUT2D eigenvalue weighted by molar-refractivity contribution is 5.92. The molecule has 0 unspecified atom stereocenters. The molecular formula is C16H23NO4. The van der Waals surface area contributed by atoms with E-state index in [-0.39, 0.29) is 18.2 Å². The van der Waals surface area contributed by atoms with Crippen LogP contribution in [0.25, 0.3) is 0 Å². The molecule has 0 aromatic carbocycles. The maximum Gasteiger partial charge on any atom is 0.311 e. The minimum absolute atomic E-state index is 0.169. The summed E-state index contributed by atoms with van der Waals surface area (Å²) < 4.78 is 5.50. The van der Waals surface area contributed by atoms with E-state index in [4.69, 9.17) is 4.42 Å². The number of nitrogens with one attached hydrogen (secondary N) is 1. The lowest BCUT2D eigenvalue weighted by Gasteiger charge is -2.33. The summed E-state index contributed by atoms with van der Waals surface area (Å²) in [6, 6.07) is 1.71. The molecule has 2 N–H and O–H groups in total. The van der Waals surface area contributed by atoms with E-state index in [2.05, 4.69) is 5.32 Å². The van der Waals surface area contributed by atoms with E-state index in [1.807, 2.05) is 13.8 Å². The second-order valence-electron chi connectivity index (χ2n) is 5.90. The SMILES string of the molecule is CCc1oc(C(=O)NCC2(C(=O)O)CCCCC2)cc1C. The third-order valence-corrected chi connectivity index (χ3v) is 4.42. The highest BCUT2D eigenvalue weighted by Gasteiger charge is 2.40. The van der Waals surface area contributed by atoms with Crippen LogP contribution in [0.4, 0.5) is 0 Å². The van der Waals surface area contributed by atoms with Crippen LogP contribution in [0.5, 0.6) is 0 Å². The molecule has 5 heteroatoms. The zero-order valence-corrected chi connectivity index (χ0v) is 12.7. The summed E-state index contributed by atoms with van der Waals surface area (Å²) in [6.07, 6.45) is 4.86. The van der Waals surface area contributed by atoms with Crippen molar-refractivity contribution in [3.63, 3.8) is 0 Å². The number of carboxylic acids is 1. The Morgan fingerprint density at radius 2 is 2.00 bits per heavy atom. The summed E-state index contributed by atoms with van der Waals surface area (Å²) in [5, 5.41) is 12.2. The van der Waals surface area contributed by atoms with Crippen molar-refractivity contribution >= 4 is 11.9 Å². The molecule has 1 aliphatic carbocycles. The van der Waals surface area contributed by atoms with Crippen molar-refractivity contribution < 1.29 is 19.1 Å². The normalized spacial score (nSPS) is 17.4. The van der Waals surface area contributed by atoms with Gasteiger partial charge in [0, 0.05) is 13.0 Å². The summed E-state index contributed by atoms with van der Waals surface area (Å²) in [6.45, 7) is 4.04. The van der Waals surface area contributed by atoms with Gasteiger partial charge in [-0.2, -0.15) is 0 Å². The van der Waals surface area contributed by atoms with Gasteiger partial charge in [-0.15, -0.1) is 0 Å². The first-order chi connectivity index (χ1) is 9.98. The summed E-state index contributed by atoms with van der Waals surface area (Å²) in [7, 11) is 0. The maximum absolute atomic E-state index is 12.1. The van der Waals surface area contributed by atoms with Gasteiger partial charge in [0.15, 0.2) is 5.76 Å². The van der Waals surface area contributed by atoms with Gasteiger partial charge in [-0.25, -0.2) is 0 Å². The van der Waals surface area contributed by atoms with Gasteiger partial charge in [-0.1, -0.05) is 26.2 Å². The number of furan rings is 1. The van der Waals surface area contributed by atoms with Gasteiger partial charge in [0.1, 0.15) is 5.76 Å². The molecule has 0 saturated heterocycles. The van der Waals surface area contributed by atoms with Gasteiger partial charge in [0.2, 0.25) is 0 Å². The fraction of sp³-hybridized carbons (Fsp3) is 0.625. The van der Waals surface area contributed by atoms with Crippen LogP contribution in [-0.4, -0.2) is 23.5 Å². The molecule has 1 heterocycles. The van der Waals surface area contributed by atoms with Crippen LogP contribution in [0.3, 0.4) is 0 Å². The number of aliphatic carboxylic acids is 1. The Morgan fingerprint density at radius 1 is 1.33 bits per heavy atom.